The number of rotatable bonds is 3. The van der Waals surface area contributed by atoms with E-state index in [4.69, 9.17) is 4.74 Å². The van der Waals surface area contributed by atoms with Crippen LogP contribution in [0.4, 0.5) is 0 Å². The Labute approximate surface area is 127 Å². The van der Waals surface area contributed by atoms with Gasteiger partial charge in [-0.1, -0.05) is 43.3 Å². The summed E-state index contributed by atoms with van der Waals surface area (Å²) in [5.41, 5.74) is 2.98. The highest BCUT2D eigenvalue weighted by Gasteiger charge is 2.30. The van der Waals surface area contributed by atoms with E-state index in [0.717, 1.165) is 32.7 Å². The molecular weight excluding hydrogens is 258 g/mol. The second-order valence-corrected chi connectivity index (χ2v) is 6.57. The van der Waals surface area contributed by atoms with Crippen molar-refractivity contribution in [2.75, 3.05) is 19.8 Å². The minimum absolute atomic E-state index is 0.114. The molecule has 0 atom stereocenters. The van der Waals surface area contributed by atoms with Gasteiger partial charge in [-0.05, 0) is 42.2 Å². The molecule has 1 fully saturated rings. The van der Waals surface area contributed by atoms with E-state index in [9.17, 15) is 0 Å². The van der Waals surface area contributed by atoms with E-state index in [1.165, 1.54) is 21.9 Å². The molecule has 0 aliphatic carbocycles. The van der Waals surface area contributed by atoms with Crippen LogP contribution in [-0.2, 0) is 17.7 Å². The van der Waals surface area contributed by atoms with Crippen LogP contribution in [0, 0.1) is 0 Å². The second-order valence-electron chi connectivity index (χ2n) is 6.57. The summed E-state index contributed by atoms with van der Waals surface area (Å²) in [4.78, 5) is 2.55. The van der Waals surface area contributed by atoms with Gasteiger partial charge in [-0.15, -0.1) is 0 Å². The smallest absolute Gasteiger partial charge is 0.0645 e. The third kappa shape index (κ3) is 2.83. The lowest BCUT2D eigenvalue weighted by atomic mass is 9.96. The number of ether oxygens (including phenoxy) is 1. The molecule has 0 aromatic heterocycles. The molecule has 112 valence electrons. The molecule has 1 saturated heterocycles. The Balaban J connectivity index is 1.97. The van der Waals surface area contributed by atoms with E-state index in [1.807, 2.05) is 0 Å². The minimum atomic E-state index is 0.114. The maximum Gasteiger partial charge on any atom is 0.0645 e. The zero-order chi connectivity index (χ0) is 14.9. The van der Waals surface area contributed by atoms with Crippen molar-refractivity contribution in [1.29, 1.82) is 0 Å². The summed E-state index contributed by atoms with van der Waals surface area (Å²) >= 11 is 0. The van der Waals surface area contributed by atoms with Gasteiger partial charge in [0.15, 0.2) is 0 Å². The molecule has 21 heavy (non-hydrogen) atoms. The fourth-order valence-electron chi connectivity index (χ4n) is 3.26. The Morgan fingerprint density at radius 3 is 2.38 bits per heavy atom. The van der Waals surface area contributed by atoms with Gasteiger partial charge >= 0.3 is 0 Å². The van der Waals surface area contributed by atoms with Gasteiger partial charge in [0.2, 0.25) is 0 Å². The molecule has 0 bridgehead atoms. The minimum Gasteiger partial charge on any atom is -0.378 e. The molecule has 1 aliphatic heterocycles. The van der Waals surface area contributed by atoms with Crippen molar-refractivity contribution >= 4 is 10.8 Å². The fourth-order valence-corrected chi connectivity index (χ4v) is 3.26. The van der Waals surface area contributed by atoms with Crippen molar-refractivity contribution in [1.82, 2.24) is 4.90 Å². The van der Waals surface area contributed by atoms with Gasteiger partial charge in [0.25, 0.3) is 0 Å². The molecule has 2 nitrogen and oxygen atoms in total. The first kappa shape index (κ1) is 14.6. The van der Waals surface area contributed by atoms with Crippen LogP contribution in [-0.4, -0.2) is 30.2 Å². The Kier molecular flexibility index (Phi) is 4.01. The lowest BCUT2D eigenvalue weighted by molar-refractivity contribution is -0.0551. The number of hydrogen-bond acceptors (Lipinski definition) is 2. The average molecular weight is 283 g/mol. The van der Waals surface area contributed by atoms with Gasteiger partial charge < -0.3 is 4.74 Å². The highest BCUT2D eigenvalue weighted by Crippen LogP contribution is 2.27. The molecule has 0 spiro atoms. The predicted octanol–water partition coefficient (Wildman–Crippen LogP) is 4.01. The van der Waals surface area contributed by atoms with Crippen molar-refractivity contribution in [2.24, 2.45) is 0 Å². The van der Waals surface area contributed by atoms with Crippen LogP contribution in [0.25, 0.3) is 10.8 Å². The highest BCUT2D eigenvalue weighted by atomic mass is 16.5. The first-order valence-electron chi connectivity index (χ1n) is 7.94. The Hall–Kier alpha value is -1.38. The monoisotopic (exact) mass is 283 g/mol. The topological polar surface area (TPSA) is 12.5 Å². The van der Waals surface area contributed by atoms with E-state index in [-0.39, 0.29) is 5.54 Å². The lowest BCUT2D eigenvalue weighted by Gasteiger charge is -2.42. The number of hydrogen-bond donors (Lipinski definition) is 0. The van der Waals surface area contributed by atoms with E-state index >= 15 is 0 Å². The van der Waals surface area contributed by atoms with Gasteiger partial charge in [0.05, 0.1) is 13.2 Å². The maximum atomic E-state index is 5.64. The summed E-state index contributed by atoms with van der Waals surface area (Å²) in [6.07, 6.45) is 1.09. The SMILES string of the molecule is CCc1ccc(CN2CCOCC2(C)C)c2ccccc12. The molecule has 0 unspecified atom stereocenters. The zero-order valence-corrected chi connectivity index (χ0v) is 13.4. The summed E-state index contributed by atoms with van der Waals surface area (Å²) in [5.74, 6) is 0. The number of benzene rings is 2. The number of morpholine rings is 1. The molecule has 0 amide bonds. The summed E-state index contributed by atoms with van der Waals surface area (Å²) in [6, 6.07) is 13.4. The van der Waals surface area contributed by atoms with Crippen LogP contribution in [0.1, 0.15) is 31.9 Å². The molecular formula is C19H25NO. The molecule has 0 N–H and O–H groups in total. The molecule has 0 radical (unpaired) electrons. The number of aryl methyl sites for hydroxylation is 1. The molecule has 2 aromatic carbocycles. The standard InChI is InChI=1S/C19H25NO/c1-4-15-9-10-16(18-8-6-5-7-17(15)18)13-20-11-12-21-14-19(20,2)3/h5-10H,4,11-14H2,1-3H3. The highest BCUT2D eigenvalue weighted by molar-refractivity contribution is 5.88. The summed E-state index contributed by atoms with van der Waals surface area (Å²) < 4.78 is 5.64. The quantitative estimate of drug-likeness (QED) is 0.844. The fraction of sp³-hybridized carbons (Fsp3) is 0.474. The van der Waals surface area contributed by atoms with E-state index in [0.29, 0.717) is 0 Å². The molecule has 1 heterocycles. The predicted molar refractivity (Wildman–Crippen MR) is 88.6 cm³/mol. The van der Waals surface area contributed by atoms with Crippen LogP contribution < -0.4 is 0 Å². The maximum absolute atomic E-state index is 5.64. The Bertz CT molecular complexity index is 632. The van der Waals surface area contributed by atoms with Crippen LogP contribution in [0.15, 0.2) is 36.4 Å². The molecule has 1 aliphatic rings. The van der Waals surface area contributed by atoms with Crippen LogP contribution in [0.5, 0.6) is 0 Å². The van der Waals surface area contributed by atoms with Gasteiger partial charge in [-0.3, -0.25) is 4.90 Å². The van der Waals surface area contributed by atoms with Crippen molar-refractivity contribution in [2.45, 2.75) is 39.3 Å². The average Bonchev–Trinajstić information content (AvgIpc) is 2.49. The van der Waals surface area contributed by atoms with Gasteiger partial charge in [0, 0.05) is 18.6 Å². The van der Waals surface area contributed by atoms with Crippen molar-refractivity contribution in [3.63, 3.8) is 0 Å². The first-order valence-corrected chi connectivity index (χ1v) is 7.94. The first-order chi connectivity index (χ1) is 10.1. The van der Waals surface area contributed by atoms with Crippen molar-refractivity contribution in [3.8, 4) is 0 Å². The third-order valence-electron chi connectivity index (χ3n) is 4.66. The van der Waals surface area contributed by atoms with Crippen LogP contribution in [0.3, 0.4) is 0 Å². The summed E-state index contributed by atoms with van der Waals surface area (Å²) in [7, 11) is 0. The van der Waals surface area contributed by atoms with Crippen LogP contribution in [0.2, 0.25) is 0 Å². The van der Waals surface area contributed by atoms with Crippen LogP contribution >= 0.6 is 0 Å². The number of fused-ring (bicyclic) bond motifs is 1. The van der Waals surface area contributed by atoms with E-state index < -0.39 is 0 Å². The second kappa shape index (κ2) is 5.78. The van der Waals surface area contributed by atoms with Crippen molar-refractivity contribution < 1.29 is 4.74 Å². The van der Waals surface area contributed by atoms with E-state index in [1.54, 1.807) is 0 Å². The van der Waals surface area contributed by atoms with Gasteiger partial charge in [0.1, 0.15) is 0 Å². The Morgan fingerprint density at radius 1 is 1.05 bits per heavy atom. The zero-order valence-electron chi connectivity index (χ0n) is 13.4. The van der Waals surface area contributed by atoms with Crippen molar-refractivity contribution in [3.05, 3.63) is 47.5 Å². The summed E-state index contributed by atoms with van der Waals surface area (Å²) in [6.45, 7) is 10.4. The molecule has 3 rings (SSSR count). The third-order valence-corrected chi connectivity index (χ3v) is 4.66. The number of nitrogens with zero attached hydrogens (tertiary/aromatic N) is 1. The van der Waals surface area contributed by atoms with Gasteiger partial charge in [-0.25, -0.2) is 0 Å². The normalized spacial score (nSPS) is 19.0. The largest absolute Gasteiger partial charge is 0.378 e. The molecule has 2 heteroatoms. The molecule has 2 aromatic rings. The molecule has 0 saturated carbocycles. The lowest BCUT2D eigenvalue weighted by Crippen LogP contribution is -2.52. The summed E-state index contributed by atoms with van der Waals surface area (Å²) in [5, 5.41) is 2.81. The van der Waals surface area contributed by atoms with Gasteiger partial charge in [-0.2, -0.15) is 0 Å². The Morgan fingerprint density at radius 2 is 1.71 bits per heavy atom. The van der Waals surface area contributed by atoms with E-state index in [2.05, 4.69) is 62.1 Å².